The lowest BCUT2D eigenvalue weighted by Crippen LogP contribution is -2.33. The first-order chi connectivity index (χ1) is 11.4. The van der Waals surface area contributed by atoms with Gasteiger partial charge in [0.05, 0.1) is 37.0 Å². The Hall–Kier alpha value is -1.89. The lowest BCUT2D eigenvalue weighted by molar-refractivity contribution is -0.136. The fourth-order valence-corrected chi connectivity index (χ4v) is 3.37. The Morgan fingerprint density at radius 2 is 2.12 bits per heavy atom. The monoisotopic (exact) mass is 334 g/mol. The van der Waals surface area contributed by atoms with E-state index in [2.05, 4.69) is 13.8 Å². The minimum Gasteiger partial charge on any atom is -0.381 e. The summed E-state index contributed by atoms with van der Waals surface area (Å²) in [7, 11) is 1.77. The van der Waals surface area contributed by atoms with Gasteiger partial charge in [0.2, 0.25) is 11.8 Å². The Morgan fingerprint density at radius 3 is 2.71 bits per heavy atom. The molecule has 1 atom stereocenters. The standard InChI is InChI=1S/C17H26N4O3/c1-11(2)21-16-9-20(17(23)13-5-6-24-10-13)7-14(16)15(18-21)8-19(4)12(3)22/h11,13H,5-10H2,1-4H3. The predicted octanol–water partition coefficient (Wildman–Crippen LogP) is 1.32. The molecule has 3 heterocycles. The first kappa shape index (κ1) is 17.0. The zero-order valence-electron chi connectivity index (χ0n) is 14.9. The molecule has 2 aliphatic rings. The molecule has 3 rings (SSSR count). The molecular weight excluding hydrogens is 308 g/mol. The van der Waals surface area contributed by atoms with Crippen molar-refractivity contribution in [1.82, 2.24) is 19.6 Å². The molecule has 0 radical (unpaired) electrons. The number of carbonyl (C=O) groups is 2. The van der Waals surface area contributed by atoms with E-state index in [1.807, 2.05) is 9.58 Å². The number of aromatic nitrogens is 2. The van der Waals surface area contributed by atoms with Crippen LogP contribution in [0, 0.1) is 5.92 Å². The minimum atomic E-state index is -0.0159. The van der Waals surface area contributed by atoms with Crippen molar-refractivity contribution in [3.63, 3.8) is 0 Å². The third-order valence-electron chi connectivity index (χ3n) is 4.90. The maximum atomic E-state index is 12.7. The fraction of sp³-hybridized carbons (Fsp3) is 0.706. The number of amides is 2. The van der Waals surface area contributed by atoms with E-state index in [4.69, 9.17) is 9.84 Å². The highest BCUT2D eigenvalue weighted by Gasteiger charge is 2.35. The molecule has 7 nitrogen and oxygen atoms in total. The third kappa shape index (κ3) is 3.05. The summed E-state index contributed by atoms with van der Waals surface area (Å²) in [4.78, 5) is 27.8. The summed E-state index contributed by atoms with van der Waals surface area (Å²) in [6, 6.07) is 0.222. The van der Waals surface area contributed by atoms with Crippen molar-refractivity contribution < 1.29 is 14.3 Å². The summed E-state index contributed by atoms with van der Waals surface area (Å²) in [5.41, 5.74) is 3.10. The summed E-state index contributed by atoms with van der Waals surface area (Å²) in [5, 5.41) is 4.71. The van der Waals surface area contributed by atoms with Gasteiger partial charge in [-0.3, -0.25) is 14.3 Å². The Labute approximate surface area is 142 Å². The van der Waals surface area contributed by atoms with Crippen LogP contribution in [0.15, 0.2) is 0 Å². The Balaban J connectivity index is 1.83. The molecule has 132 valence electrons. The van der Waals surface area contributed by atoms with E-state index in [1.54, 1.807) is 18.9 Å². The number of hydrogen-bond donors (Lipinski definition) is 0. The summed E-state index contributed by atoms with van der Waals surface area (Å²) >= 11 is 0. The average Bonchev–Trinajstić information content (AvgIpc) is 3.23. The number of carbonyl (C=O) groups excluding carboxylic acids is 2. The highest BCUT2D eigenvalue weighted by molar-refractivity contribution is 5.80. The van der Waals surface area contributed by atoms with Crippen molar-refractivity contribution in [2.45, 2.75) is 52.9 Å². The molecule has 1 aromatic heterocycles. The summed E-state index contributed by atoms with van der Waals surface area (Å²) in [6.45, 7) is 8.58. The number of fused-ring (bicyclic) bond motifs is 1. The van der Waals surface area contributed by atoms with Crippen molar-refractivity contribution in [3.8, 4) is 0 Å². The van der Waals surface area contributed by atoms with Crippen LogP contribution in [-0.4, -0.2) is 51.7 Å². The highest BCUT2D eigenvalue weighted by atomic mass is 16.5. The molecule has 0 N–H and O–H groups in total. The van der Waals surface area contributed by atoms with Crippen molar-refractivity contribution in [1.29, 1.82) is 0 Å². The van der Waals surface area contributed by atoms with E-state index < -0.39 is 0 Å². The molecule has 2 aliphatic heterocycles. The van der Waals surface area contributed by atoms with Gasteiger partial charge >= 0.3 is 0 Å². The van der Waals surface area contributed by atoms with Gasteiger partial charge in [-0.25, -0.2) is 0 Å². The third-order valence-corrected chi connectivity index (χ3v) is 4.90. The molecule has 2 amide bonds. The fourth-order valence-electron chi connectivity index (χ4n) is 3.37. The highest BCUT2D eigenvalue weighted by Crippen LogP contribution is 2.31. The van der Waals surface area contributed by atoms with Crippen molar-refractivity contribution in [2.75, 3.05) is 20.3 Å². The first-order valence-corrected chi connectivity index (χ1v) is 8.55. The first-order valence-electron chi connectivity index (χ1n) is 8.55. The predicted molar refractivity (Wildman–Crippen MR) is 87.9 cm³/mol. The second kappa shape index (κ2) is 6.55. The Morgan fingerprint density at radius 1 is 1.38 bits per heavy atom. The second-order valence-corrected chi connectivity index (χ2v) is 7.04. The second-order valence-electron chi connectivity index (χ2n) is 7.04. The maximum absolute atomic E-state index is 12.7. The van der Waals surface area contributed by atoms with Gasteiger partial charge in [-0.15, -0.1) is 0 Å². The Bertz CT molecular complexity index is 647. The van der Waals surface area contributed by atoms with Crippen LogP contribution in [0.1, 0.15) is 50.2 Å². The van der Waals surface area contributed by atoms with Crippen LogP contribution in [0.25, 0.3) is 0 Å². The van der Waals surface area contributed by atoms with Crippen LogP contribution in [0.5, 0.6) is 0 Å². The molecule has 1 fully saturated rings. The zero-order chi connectivity index (χ0) is 17.4. The molecule has 1 unspecified atom stereocenters. The maximum Gasteiger partial charge on any atom is 0.228 e. The largest absolute Gasteiger partial charge is 0.381 e. The zero-order valence-corrected chi connectivity index (χ0v) is 14.9. The van der Waals surface area contributed by atoms with Gasteiger partial charge in [-0.05, 0) is 20.3 Å². The van der Waals surface area contributed by atoms with Crippen molar-refractivity contribution in [2.24, 2.45) is 5.92 Å². The molecule has 0 spiro atoms. The SMILES string of the molecule is CC(=O)N(C)Cc1nn(C(C)C)c2c1CN(C(=O)C1CCOC1)C2. The molecule has 1 saturated heterocycles. The van der Waals surface area contributed by atoms with Gasteiger partial charge in [-0.1, -0.05) is 0 Å². The summed E-state index contributed by atoms with van der Waals surface area (Å²) in [6.07, 6.45) is 0.807. The van der Waals surface area contributed by atoms with Gasteiger partial charge in [0.15, 0.2) is 0 Å². The normalized spacial score (nSPS) is 19.9. The van der Waals surface area contributed by atoms with Crippen LogP contribution in [0.2, 0.25) is 0 Å². The van der Waals surface area contributed by atoms with E-state index in [0.717, 1.165) is 23.4 Å². The molecule has 0 saturated carbocycles. The molecule has 0 aromatic carbocycles. The van der Waals surface area contributed by atoms with Gasteiger partial charge in [0.1, 0.15) is 0 Å². The summed E-state index contributed by atoms with van der Waals surface area (Å²) in [5.74, 6) is 0.166. The van der Waals surface area contributed by atoms with Crippen LogP contribution >= 0.6 is 0 Å². The van der Waals surface area contributed by atoms with Crippen LogP contribution in [0.4, 0.5) is 0 Å². The molecule has 7 heteroatoms. The number of nitrogens with zero attached hydrogens (tertiary/aromatic N) is 4. The van der Waals surface area contributed by atoms with Crippen LogP contribution in [-0.2, 0) is 34.0 Å². The quantitative estimate of drug-likeness (QED) is 0.833. The van der Waals surface area contributed by atoms with E-state index in [-0.39, 0.29) is 23.8 Å². The number of ether oxygens (including phenoxy) is 1. The molecular formula is C17H26N4O3. The topological polar surface area (TPSA) is 67.7 Å². The van der Waals surface area contributed by atoms with Gasteiger partial charge in [0.25, 0.3) is 0 Å². The smallest absolute Gasteiger partial charge is 0.228 e. The molecule has 24 heavy (non-hydrogen) atoms. The molecule has 0 bridgehead atoms. The van der Waals surface area contributed by atoms with Crippen molar-refractivity contribution in [3.05, 3.63) is 17.0 Å². The number of hydrogen-bond acceptors (Lipinski definition) is 4. The average molecular weight is 334 g/mol. The van der Waals surface area contributed by atoms with Crippen molar-refractivity contribution >= 4 is 11.8 Å². The molecule has 1 aromatic rings. The lowest BCUT2D eigenvalue weighted by Gasteiger charge is -2.21. The molecule has 0 aliphatic carbocycles. The van der Waals surface area contributed by atoms with Crippen LogP contribution < -0.4 is 0 Å². The summed E-state index contributed by atoms with van der Waals surface area (Å²) < 4.78 is 7.35. The Kier molecular flexibility index (Phi) is 4.62. The van der Waals surface area contributed by atoms with E-state index in [1.165, 1.54) is 0 Å². The lowest BCUT2D eigenvalue weighted by atomic mass is 10.1. The van der Waals surface area contributed by atoms with Gasteiger partial charge in [-0.2, -0.15) is 5.10 Å². The van der Waals surface area contributed by atoms with E-state index in [9.17, 15) is 9.59 Å². The van der Waals surface area contributed by atoms with Crippen LogP contribution in [0.3, 0.4) is 0 Å². The van der Waals surface area contributed by atoms with Gasteiger partial charge < -0.3 is 14.5 Å². The number of rotatable bonds is 4. The van der Waals surface area contributed by atoms with E-state index in [0.29, 0.717) is 32.8 Å². The van der Waals surface area contributed by atoms with E-state index >= 15 is 0 Å². The minimum absolute atomic E-state index is 0.0110. The van der Waals surface area contributed by atoms with Gasteiger partial charge in [0, 0.05) is 38.7 Å².